The molecule has 0 atom stereocenters. The number of hydrogen-bond donors (Lipinski definition) is 1. The maximum Gasteiger partial charge on any atom is 0.170 e. The summed E-state index contributed by atoms with van der Waals surface area (Å²) in [5, 5.41) is 3.94. The Morgan fingerprint density at radius 2 is 2.00 bits per heavy atom. The average molecular weight is 232 g/mol. The maximum atomic E-state index is 5.56. The second kappa shape index (κ2) is 5.01. The molecule has 0 aliphatic rings. The summed E-state index contributed by atoms with van der Waals surface area (Å²) >= 11 is 0. The standard InChI is InChI=1S/C13H16N2O2/c1-3-16-11-6-4-10(5-7-11)13-9(2)12(8-14)15-17-13/h4-7H,3,8,14H2,1-2H3. The molecule has 1 aromatic heterocycles. The van der Waals surface area contributed by atoms with Crippen molar-refractivity contribution in [2.75, 3.05) is 6.61 Å². The van der Waals surface area contributed by atoms with Gasteiger partial charge in [-0.25, -0.2) is 0 Å². The third kappa shape index (κ3) is 2.31. The highest BCUT2D eigenvalue weighted by Crippen LogP contribution is 2.27. The summed E-state index contributed by atoms with van der Waals surface area (Å²) in [7, 11) is 0. The largest absolute Gasteiger partial charge is 0.494 e. The van der Waals surface area contributed by atoms with Crippen molar-refractivity contribution in [3.63, 3.8) is 0 Å². The van der Waals surface area contributed by atoms with E-state index in [0.29, 0.717) is 13.2 Å². The Labute approximate surface area is 100 Å². The van der Waals surface area contributed by atoms with Crippen LogP contribution < -0.4 is 10.5 Å². The fourth-order valence-corrected chi connectivity index (χ4v) is 1.70. The van der Waals surface area contributed by atoms with Crippen molar-refractivity contribution in [2.45, 2.75) is 20.4 Å². The predicted octanol–water partition coefficient (Wildman–Crippen LogP) is 2.51. The van der Waals surface area contributed by atoms with Crippen LogP contribution in [0.2, 0.25) is 0 Å². The zero-order chi connectivity index (χ0) is 12.3. The molecule has 2 N–H and O–H groups in total. The van der Waals surface area contributed by atoms with Crippen LogP contribution in [0.3, 0.4) is 0 Å². The van der Waals surface area contributed by atoms with Gasteiger partial charge in [0.05, 0.1) is 6.61 Å². The number of hydrogen-bond acceptors (Lipinski definition) is 4. The van der Waals surface area contributed by atoms with Crippen molar-refractivity contribution < 1.29 is 9.26 Å². The van der Waals surface area contributed by atoms with Gasteiger partial charge in [0.1, 0.15) is 11.4 Å². The van der Waals surface area contributed by atoms with Gasteiger partial charge in [0, 0.05) is 17.7 Å². The van der Waals surface area contributed by atoms with Crippen LogP contribution in [0.5, 0.6) is 5.75 Å². The van der Waals surface area contributed by atoms with E-state index in [1.54, 1.807) is 0 Å². The van der Waals surface area contributed by atoms with Crippen LogP contribution in [-0.4, -0.2) is 11.8 Å². The lowest BCUT2D eigenvalue weighted by Gasteiger charge is -2.03. The van der Waals surface area contributed by atoms with Gasteiger partial charge in [-0.2, -0.15) is 0 Å². The van der Waals surface area contributed by atoms with E-state index in [-0.39, 0.29) is 0 Å². The molecule has 4 heteroatoms. The lowest BCUT2D eigenvalue weighted by atomic mass is 10.1. The van der Waals surface area contributed by atoms with Gasteiger partial charge in [0.25, 0.3) is 0 Å². The van der Waals surface area contributed by atoms with Gasteiger partial charge in [-0.05, 0) is 38.1 Å². The van der Waals surface area contributed by atoms with Crippen LogP contribution in [0.25, 0.3) is 11.3 Å². The minimum absolute atomic E-state index is 0.395. The smallest absolute Gasteiger partial charge is 0.170 e. The lowest BCUT2D eigenvalue weighted by Crippen LogP contribution is -1.98. The first-order valence-electron chi connectivity index (χ1n) is 5.64. The van der Waals surface area contributed by atoms with Gasteiger partial charge in [-0.1, -0.05) is 5.16 Å². The number of rotatable bonds is 4. The van der Waals surface area contributed by atoms with Crippen molar-refractivity contribution in [3.8, 4) is 17.1 Å². The second-order valence-corrected chi connectivity index (χ2v) is 3.74. The van der Waals surface area contributed by atoms with Crippen LogP contribution in [-0.2, 0) is 6.54 Å². The Bertz CT molecular complexity index is 489. The Morgan fingerprint density at radius 3 is 2.53 bits per heavy atom. The van der Waals surface area contributed by atoms with E-state index in [1.807, 2.05) is 38.1 Å². The summed E-state index contributed by atoms with van der Waals surface area (Å²) in [6, 6.07) is 7.75. The highest BCUT2D eigenvalue weighted by Gasteiger charge is 2.12. The van der Waals surface area contributed by atoms with Gasteiger partial charge in [-0.3, -0.25) is 0 Å². The first kappa shape index (κ1) is 11.7. The topological polar surface area (TPSA) is 61.3 Å². The monoisotopic (exact) mass is 232 g/mol. The van der Waals surface area contributed by atoms with Gasteiger partial charge in [-0.15, -0.1) is 0 Å². The number of benzene rings is 1. The van der Waals surface area contributed by atoms with Crippen molar-refractivity contribution in [1.82, 2.24) is 5.16 Å². The molecule has 0 radical (unpaired) electrons. The first-order chi connectivity index (χ1) is 8.26. The fraction of sp³-hybridized carbons (Fsp3) is 0.308. The summed E-state index contributed by atoms with van der Waals surface area (Å²) in [6.07, 6.45) is 0. The third-order valence-corrected chi connectivity index (χ3v) is 2.64. The Balaban J connectivity index is 2.30. The van der Waals surface area contributed by atoms with E-state index in [4.69, 9.17) is 15.0 Å². The van der Waals surface area contributed by atoms with Crippen LogP contribution >= 0.6 is 0 Å². The molecular formula is C13H16N2O2. The van der Waals surface area contributed by atoms with E-state index < -0.39 is 0 Å². The SMILES string of the molecule is CCOc1ccc(-c2onc(CN)c2C)cc1. The molecule has 1 aromatic carbocycles. The van der Waals surface area contributed by atoms with Crippen molar-refractivity contribution in [2.24, 2.45) is 5.73 Å². The molecule has 0 amide bonds. The van der Waals surface area contributed by atoms with Gasteiger partial charge < -0.3 is 15.0 Å². The Hall–Kier alpha value is -1.81. The van der Waals surface area contributed by atoms with E-state index >= 15 is 0 Å². The zero-order valence-corrected chi connectivity index (χ0v) is 10.1. The lowest BCUT2D eigenvalue weighted by molar-refractivity contribution is 0.340. The average Bonchev–Trinajstić information content (AvgIpc) is 2.72. The quantitative estimate of drug-likeness (QED) is 0.879. The molecule has 17 heavy (non-hydrogen) atoms. The minimum Gasteiger partial charge on any atom is -0.494 e. The summed E-state index contributed by atoms with van der Waals surface area (Å²) < 4.78 is 10.7. The Morgan fingerprint density at radius 1 is 1.29 bits per heavy atom. The second-order valence-electron chi connectivity index (χ2n) is 3.74. The molecule has 0 unspecified atom stereocenters. The summed E-state index contributed by atoms with van der Waals surface area (Å²) in [6.45, 7) is 4.98. The van der Waals surface area contributed by atoms with Crippen LogP contribution in [0.15, 0.2) is 28.8 Å². The van der Waals surface area contributed by atoms with Crippen LogP contribution in [0.1, 0.15) is 18.2 Å². The van der Waals surface area contributed by atoms with Crippen molar-refractivity contribution in [3.05, 3.63) is 35.5 Å². The first-order valence-corrected chi connectivity index (χ1v) is 5.64. The number of nitrogens with two attached hydrogens (primary N) is 1. The highest BCUT2D eigenvalue weighted by atomic mass is 16.5. The molecule has 0 saturated carbocycles. The summed E-state index contributed by atoms with van der Waals surface area (Å²) in [5.74, 6) is 1.63. The van der Waals surface area contributed by atoms with Gasteiger partial charge in [0.2, 0.25) is 0 Å². The number of ether oxygens (including phenoxy) is 1. The molecule has 90 valence electrons. The van der Waals surface area contributed by atoms with Crippen molar-refractivity contribution >= 4 is 0 Å². The fourth-order valence-electron chi connectivity index (χ4n) is 1.70. The van der Waals surface area contributed by atoms with Gasteiger partial charge >= 0.3 is 0 Å². The zero-order valence-electron chi connectivity index (χ0n) is 10.1. The van der Waals surface area contributed by atoms with Crippen LogP contribution in [0, 0.1) is 6.92 Å². The predicted molar refractivity (Wildman–Crippen MR) is 65.7 cm³/mol. The Kier molecular flexibility index (Phi) is 3.44. The third-order valence-electron chi connectivity index (χ3n) is 2.64. The maximum absolute atomic E-state index is 5.56. The van der Waals surface area contributed by atoms with Gasteiger partial charge in [0.15, 0.2) is 5.76 Å². The number of aromatic nitrogens is 1. The van der Waals surface area contributed by atoms with Crippen molar-refractivity contribution in [1.29, 1.82) is 0 Å². The summed E-state index contributed by atoms with van der Waals surface area (Å²) in [4.78, 5) is 0. The molecule has 0 aliphatic heterocycles. The molecule has 1 heterocycles. The highest BCUT2D eigenvalue weighted by molar-refractivity contribution is 5.62. The van der Waals surface area contributed by atoms with E-state index in [1.165, 1.54) is 0 Å². The molecule has 0 bridgehead atoms. The van der Waals surface area contributed by atoms with E-state index in [2.05, 4.69) is 5.16 Å². The van der Waals surface area contributed by atoms with E-state index in [9.17, 15) is 0 Å². The van der Waals surface area contributed by atoms with E-state index in [0.717, 1.165) is 28.3 Å². The number of nitrogens with zero attached hydrogens (tertiary/aromatic N) is 1. The molecule has 2 aromatic rings. The normalized spacial score (nSPS) is 10.5. The molecule has 0 saturated heterocycles. The van der Waals surface area contributed by atoms with Crippen LogP contribution in [0.4, 0.5) is 0 Å². The molecule has 2 rings (SSSR count). The summed E-state index contributed by atoms with van der Waals surface area (Å²) in [5.41, 5.74) is 8.34. The molecule has 0 fully saturated rings. The molecule has 0 aliphatic carbocycles. The molecular weight excluding hydrogens is 216 g/mol. The molecule has 0 spiro atoms. The molecule has 4 nitrogen and oxygen atoms in total. The minimum atomic E-state index is 0.395.